The van der Waals surface area contributed by atoms with E-state index in [1.165, 1.54) is 17.8 Å². The molecule has 2 heterocycles. The van der Waals surface area contributed by atoms with Crippen molar-refractivity contribution < 1.29 is 0 Å². The first-order valence-electron chi connectivity index (χ1n) is 7.04. The molecule has 7 heteroatoms. The van der Waals surface area contributed by atoms with Gasteiger partial charge in [-0.1, -0.05) is 30.0 Å². The van der Waals surface area contributed by atoms with E-state index in [1.807, 2.05) is 43.3 Å². The molecule has 2 N–H and O–H groups in total. The van der Waals surface area contributed by atoms with Crippen molar-refractivity contribution in [2.45, 2.75) is 17.8 Å². The third-order valence-corrected chi connectivity index (χ3v) is 3.85. The molecule has 1 aromatic carbocycles. The quantitative estimate of drug-likeness (QED) is 0.554. The maximum atomic E-state index is 11.8. The van der Waals surface area contributed by atoms with Crippen molar-refractivity contribution in [3.63, 3.8) is 0 Å². The van der Waals surface area contributed by atoms with Crippen molar-refractivity contribution >= 4 is 23.4 Å². The number of benzene rings is 1. The number of hydrogen-bond donors (Lipinski definition) is 2. The van der Waals surface area contributed by atoms with Crippen LogP contribution >= 0.6 is 11.8 Å². The summed E-state index contributed by atoms with van der Waals surface area (Å²) in [5, 5.41) is 3.76. The van der Waals surface area contributed by atoms with Gasteiger partial charge >= 0.3 is 0 Å². The molecular formula is C16H15N5OS. The van der Waals surface area contributed by atoms with Crippen LogP contribution in [0, 0.1) is 6.92 Å². The third-order valence-electron chi connectivity index (χ3n) is 2.95. The second kappa shape index (κ2) is 7.06. The number of rotatable bonds is 5. The van der Waals surface area contributed by atoms with Gasteiger partial charge in [-0.05, 0) is 25.1 Å². The highest BCUT2D eigenvalue weighted by Gasteiger charge is 2.05. The number of aromatic nitrogens is 4. The Morgan fingerprint density at radius 3 is 2.78 bits per heavy atom. The van der Waals surface area contributed by atoms with Gasteiger partial charge in [0.1, 0.15) is 0 Å². The van der Waals surface area contributed by atoms with E-state index >= 15 is 0 Å². The Hall–Kier alpha value is -2.67. The molecule has 0 bridgehead atoms. The molecule has 2 aromatic heterocycles. The molecule has 3 aromatic rings. The molecule has 0 radical (unpaired) electrons. The largest absolute Gasteiger partial charge is 0.326 e. The molecule has 3 rings (SSSR count). The highest BCUT2D eigenvalue weighted by atomic mass is 32.2. The van der Waals surface area contributed by atoms with Gasteiger partial charge in [0.2, 0.25) is 5.95 Å². The molecule has 0 amide bonds. The molecule has 0 aliphatic heterocycles. The van der Waals surface area contributed by atoms with Crippen molar-refractivity contribution in [1.82, 2.24) is 19.9 Å². The number of thioether (sulfide) groups is 1. The fourth-order valence-corrected chi connectivity index (χ4v) is 2.70. The number of para-hydroxylation sites is 1. The smallest absolute Gasteiger partial charge is 0.252 e. The summed E-state index contributed by atoms with van der Waals surface area (Å²) in [5.41, 5.74) is 2.25. The van der Waals surface area contributed by atoms with Gasteiger partial charge in [0.15, 0.2) is 5.16 Å². The fraction of sp³-hybridized carbons (Fsp3) is 0.125. The van der Waals surface area contributed by atoms with E-state index in [-0.39, 0.29) is 5.56 Å². The second-order valence-corrected chi connectivity index (χ2v) is 5.79. The summed E-state index contributed by atoms with van der Waals surface area (Å²) in [5.74, 6) is 0.945. The molecular weight excluding hydrogens is 310 g/mol. The number of hydrogen-bond acceptors (Lipinski definition) is 6. The minimum absolute atomic E-state index is 0.195. The predicted molar refractivity (Wildman–Crippen MR) is 90.9 cm³/mol. The zero-order valence-corrected chi connectivity index (χ0v) is 13.3. The Labute approximate surface area is 137 Å². The molecule has 0 spiro atoms. The number of H-pyrrole nitrogens is 1. The summed E-state index contributed by atoms with van der Waals surface area (Å²) in [6.45, 7) is 1.92. The first kappa shape index (κ1) is 15.2. The lowest BCUT2D eigenvalue weighted by Gasteiger charge is -2.06. The van der Waals surface area contributed by atoms with Crippen LogP contribution in [-0.4, -0.2) is 19.9 Å². The molecule has 0 fully saturated rings. The van der Waals surface area contributed by atoms with E-state index in [2.05, 4.69) is 25.3 Å². The van der Waals surface area contributed by atoms with Crippen LogP contribution in [0.2, 0.25) is 0 Å². The molecule has 116 valence electrons. The van der Waals surface area contributed by atoms with Crippen LogP contribution in [0.4, 0.5) is 11.6 Å². The summed E-state index contributed by atoms with van der Waals surface area (Å²) in [7, 11) is 0. The van der Waals surface area contributed by atoms with Gasteiger partial charge in [0, 0.05) is 29.4 Å². The standard InChI is InChI=1S/C16H15N5OS/c1-11-7-8-17-16(18-11)23-10-13-9-14(22)21-15(20-13)19-12-5-3-2-4-6-12/h2-9H,10H2,1H3,(H2,19,20,21,22). The summed E-state index contributed by atoms with van der Waals surface area (Å²) < 4.78 is 0. The number of aromatic amines is 1. The van der Waals surface area contributed by atoms with Crippen LogP contribution in [0.1, 0.15) is 11.4 Å². The Morgan fingerprint density at radius 1 is 1.17 bits per heavy atom. The highest BCUT2D eigenvalue weighted by molar-refractivity contribution is 7.98. The minimum atomic E-state index is -0.195. The number of nitrogens with zero attached hydrogens (tertiary/aromatic N) is 3. The third kappa shape index (κ3) is 4.40. The van der Waals surface area contributed by atoms with Gasteiger partial charge < -0.3 is 5.32 Å². The van der Waals surface area contributed by atoms with E-state index in [4.69, 9.17) is 0 Å². The zero-order valence-electron chi connectivity index (χ0n) is 12.5. The zero-order chi connectivity index (χ0) is 16.1. The van der Waals surface area contributed by atoms with E-state index in [0.29, 0.717) is 22.6 Å². The SMILES string of the molecule is Cc1ccnc(SCc2cc(=O)[nH]c(Nc3ccccc3)n2)n1. The van der Waals surface area contributed by atoms with Gasteiger partial charge in [-0.3, -0.25) is 9.78 Å². The molecule has 0 saturated heterocycles. The normalized spacial score (nSPS) is 10.5. The summed E-state index contributed by atoms with van der Waals surface area (Å²) in [6, 6.07) is 12.9. The Bertz CT molecular complexity index is 850. The molecule has 0 atom stereocenters. The minimum Gasteiger partial charge on any atom is -0.326 e. The van der Waals surface area contributed by atoms with Crippen LogP contribution in [-0.2, 0) is 5.75 Å². The van der Waals surface area contributed by atoms with Crippen molar-refractivity contribution in [2.75, 3.05) is 5.32 Å². The molecule has 23 heavy (non-hydrogen) atoms. The number of anilines is 2. The topological polar surface area (TPSA) is 83.6 Å². The first-order valence-corrected chi connectivity index (χ1v) is 8.02. The number of nitrogens with one attached hydrogen (secondary N) is 2. The van der Waals surface area contributed by atoms with Gasteiger partial charge in [-0.15, -0.1) is 0 Å². The van der Waals surface area contributed by atoms with Gasteiger partial charge in [-0.2, -0.15) is 0 Å². The highest BCUT2D eigenvalue weighted by Crippen LogP contribution is 2.18. The average molecular weight is 325 g/mol. The maximum absolute atomic E-state index is 11.8. The van der Waals surface area contributed by atoms with Crippen LogP contribution in [0.15, 0.2) is 58.6 Å². The van der Waals surface area contributed by atoms with Gasteiger partial charge in [0.05, 0.1) is 5.69 Å². The van der Waals surface area contributed by atoms with Crippen LogP contribution < -0.4 is 10.9 Å². The first-order chi connectivity index (χ1) is 11.2. The molecule has 6 nitrogen and oxygen atoms in total. The fourth-order valence-electron chi connectivity index (χ4n) is 1.93. The maximum Gasteiger partial charge on any atom is 0.252 e. The molecule has 0 saturated carbocycles. The van der Waals surface area contributed by atoms with Crippen LogP contribution in [0.25, 0.3) is 0 Å². The Balaban J connectivity index is 1.74. The summed E-state index contributed by atoms with van der Waals surface area (Å²) in [4.78, 5) is 27.4. The monoisotopic (exact) mass is 325 g/mol. The van der Waals surface area contributed by atoms with E-state index < -0.39 is 0 Å². The van der Waals surface area contributed by atoms with Gasteiger partial charge in [0.25, 0.3) is 5.56 Å². The van der Waals surface area contributed by atoms with Crippen molar-refractivity contribution in [2.24, 2.45) is 0 Å². The lowest BCUT2D eigenvalue weighted by atomic mass is 10.3. The molecule has 0 unspecified atom stereocenters. The van der Waals surface area contributed by atoms with Crippen molar-refractivity contribution in [3.05, 3.63) is 70.4 Å². The lowest BCUT2D eigenvalue weighted by molar-refractivity contribution is 0.930. The molecule has 0 aliphatic carbocycles. The van der Waals surface area contributed by atoms with Crippen molar-refractivity contribution in [1.29, 1.82) is 0 Å². The summed E-state index contributed by atoms with van der Waals surface area (Å²) in [6.07, 6.45) is 1.72. The van der Waals surface area contributed by atoms with Crippen LogP contribution in [0.3, 0.4) is 0 Å². The summed E-state index contributed by atoms with van der Waals surface area (Å²) >= 11 is 1.45. The molecule has 0 aliphatic rings. The Morgan fingerprint density at radius 2 is 2.00 bits per heavy atom. The van der Waals surface area contributed by atoms with Crippen LogP contribution in [0.5, 0.6) is 0 Å². The van der Waals surface area contributed by atoms with Gasteiger partial charge in [-0.25, -0.2) is 15.0 Å². The average Bonchev–Trinajstić information content (AvgIpc) is 2.53. The predicted octanol–water partition coefficient (Wildman–Crippen LogP) is 2.90. The second-order valence-electron chi connectivity index (χ2n) is 4.85. The van der Waals surface area contributed by atoms with E-state index in [9.17, 15) is 4.79 Å². The van der Waals surface area contributed by atoms with E-state index in [1.54, 1.807) is 6.20 Å². The number of aryl methyl sites for hydroxylation is 1. The van der Waals surface area contributed by atoms with Crippen molar-refractivity contribution in [3.8, 4) is 0 Å². The van der Waals surface area contributed by atoms with E-state index in [0.717, 1.165) is 11.4 Å². The Kier molecular flexibility index (Phi) is 4.68. The lowest BCUT2D eigenvalue weighted by Crippen LogP contribution is -2.11.